The molecule has 1 atom stereocenters. The standard InChI is InChI=1S/C21H20N4OS/c1-25(2)21(23)24-18(9-10-26)19-12-16-7-4-8-17(20(16)27-19)15-6-3-5-14(11-15)13-22/h3-8,10-12,18H,9H2,1-2H3,(H2,23,24). The van der Waals surface area contributed by atoms with Gasteiger partial charge in [-0.15, -0.1) is 11.3 Å². The lowest BCUT2D eigenvalue weighted by Crippen LogP contribution is -2.30. The van der Waals surface area contributed by atoms with Crippen LogP contribution in [0.5, 0.6) is 0 Å². The number of aldehydes is 1. The van der Waals surface area contributed by atoms with Crippen molar-refractivity contribution in [3.8, 4) is 17.2 Å². The van der Waals surface area contributed by atoms with Gasteiger partial charge in [-0.2, -0.15) is 5.26 Å². The Morgan fingerprint density at radius 2 is 2.07 bits per heavy atom. The summed E-state index contributed by atoms with van der Waals surface area (Å²) in [7, 11) is 3.64. The number of thiophene rings is 1. The number of nitrogens with two attached hydrogens (primary N) is 1. The number of carbonyl (C=O) groups is 1. The molecule has 3 rings (SSSR count). The van der Waals surface area contributed by atoms with Gasteiger partial charge in [0.1, 0.15) is 6.29 Å². The molecule has 1 aromatic heterocycles. The van der Waals surface area contributed by atoms with Gasteiger partial charge in [-0.05, 0) is 34.7 Å². The summed E-state index contributed by atoms with van der Waals surface area (Å²) in [5.41, 5.74) is 8.66. The highest BCUT2D eigenvalue weighted by molar-refractivity contribution is 7.19. The highest BCUT2D eigenvalue weighted by atomic mass is 32.1. The Morgan fingerprint density at radius 1 is 1.30 bits per heavy atom. The molecule has 0 aliphatic carbocycles. The summed E-state index contributed by atoms with van der Waals surface area (Å²) in [5, 5.41) is 10.3. The van der Waals surface area contributed by atoms with Crippen molar-refractivity contribution in [3.63, 3.8) is 0 Å². The van der Waals surface area contributed by atoms with Crippen LogP contribution in [0.25, 0.3) is 21.2 Å². The van der Waals surface area contributed by atoms with Crippen molar-refractivity contribution in [2.45, 2.75) is 12.5 Å². The van der Waals surface area contributed by atoms with Crippen LogP contribution in [0.4, 0.5) is 0 Å². The summed E-state index contributed by atoms with van der Waals surface area (Å²) in [4.78, 5) is 18.4. The van der Waals surface area contributed by atoms with Crippen LogP contribution in [0, 0.1) is 11.3 Å². The van der Waals surface area contributed by atoms with Crippen LogP contribution < -0.4 is 5.73 Å². The van der Waals surface area contributed by atoms with Crippen LogP contribution >= 0.6 is 11.3 Å². The first kappa shape index (κ1) is 18.6. The van der Waals surface area contributed by atoms with E-state index >= 15 is 0 Å². The normalized spacial score (nSPS) is 12.6. The van der Waals surface area contributed by atoms with Gasteiger partial charge in [0.2, 0.25) is 0 Å². The van der Waals surface area contributed by atoms with E-state index in [9.17, 15) is 10.1 Å². The van der Waals surface area contributed by atoms with Crippen molar-refractivity contribution in [2.24, 2.45) is 10.7 Å². The molecule has 0 spiro atoms. The van der Waals surface area contributed by atoms with E-state index in [1.165, 1.54) is 0 Å². The molecule has 0 radical (unpaired) electrons. The number of nitrogens with zero attached hydrogens (tertiary/aromatic N) is 3. The molecule has 3 aromatic rings. The van der Waals surface area contributed by atoms with Gasteiger partial charge in [-0.3, -0.25) is 0 Å². The summed E-state index contributed by atoms with van der Waals surface area (Å²) < 4.78 is 1.11. The maximum Gasteiger partial charge on any atom is 0.191 e. The largest absolute Gasteiger partial charge is 0.370 e. The SMILES string of the molecule is CN(C)C(N)=NC(CC=O)c1cc2cccc(-c3cccc(C#N)c3)c2s1. The summed E-state index contributed by atoms with van der Waals surface area (Å²) in [6.07, 6.45) is 1.15. The van der Waals surface area contributed by atoms with Crippen molar-refractivity contribution in [2.75, 3.05) is 14.1 Å². The minimum Gasteiger partial charge on any atom is -0.370 e. The molecule has 0 fully saturated rings. The summed E-state index contributed by atoms with van der Waals surface area (Å²) >= 11 is 1.61. The third-order valence-corrected chi connectivity index (χ3v) is 5.55. The van der Waals surface area contributed by atoms with Crippen LogP contribution in [-0.4, -0.2) is 31.2 Å². The number of aliphatic imine (C=N–C) groups is 1. The summed E-state index contributed by atoms with van der Waals surface area (Å²) in [6, 6.07) is 17.6. The van der Waals surface area contributed by atoms with E-state index in [2.05, 4.69) is 17.1 Å². The van der Waals surface area contributed by atoms with Gasteiger partial charge in [0.15, 0.2) is 5.96 Å². The lowest BCUT2D eigenvalue weighted by molar-refractivity contribution is -0.108. The van der Waals surface area contributed by atoms with Crippen molar-refractivity contribution < 1.29 is 4.79 Å². The Labute approximate surface area is 162 Å². The minimum atomic E-state index is -0.305. The molecule has 5 nitrogen and oxygen atoms in total. The molecule has 136 valence electrons. The van der Waals surface area contributed by atoms with Crippen molar-refractivity contribution in [1.29, 1.82) is 5.26 Å². The van der Waals surface area contributed by atoms with Gasteiger partial charge in [-0.25, -0.2) is 4.99 Å². The second kappa shape index (κ2) is 8.02. The first-order valence-electron chi connectivity index (χ1n) is 8.50. The fraction of sp³-hybridized carbons (Fsp3) is 0.190. The molecule has 1 unspecified atom stereocenters. The van der Waals surface area contributed by atoms with Crippen LogP contribution in [0.15, 0.2) is 53.5 Å². The lowest BCUT2D eigenvalue weighted by atomic mass is 10.0. The Balaban J connectivity index is 2.11. The second-order valence-electron chi connectivity index (χ2n) is 6.37. The Hall–Kier alpha value is -3.17. The third kappa shape index (κ3) is 3.99. The highest BCUT2D eigenvalue weighted by Gasteiger charge is 2.16. The number of fused-ring (bicyclic) bond motifs is 1. The zero-order valence-corrected chi connectivity index (χ0v) is 16.0. The van der Waals surface area contributed by atoms with Crippen molar-refractivity contribution in [1.82, 2.24) is 4.90 Å². The van der Waals surface area contributed by atoms with E-state index in [1.807, 2.05) is 50.5 Å². The van der Waals surface area contributed by atoms with E-state index in [4.69, 9.17) is 5.73 Å². The fourth-order valence-electron chi connectivity index (χ4n) is 2.83. The zero-order valence-electron chi connectivity index (χ0n) is 15.2. The molecular weight excluding hydrogens is 356 g/mol. The molecule has 0 saturated heterocycles. The topological polar surface area (TPSA) is 82.5 Å². The highest BCUT2D eigenvalue weighted by Crippen LogP contribution is 2.38. The molecule has 1 heterocycles. The molecule has 2 N–H and O–H groups in total. The van der Waals surface area contributed by atoms with Crippen LogP contribution in [-0.2, 0) is 4.79 Å². The van der Waals surface area contributed by atoms with Crippen molar-refractivity contribution >= 4 is 33.7 Å². The van der Waals surface area contributed by atoms with Gasteiger partial charge in [-0.1, -0.05) is 30.3 Å². The molecule has 0 bridgehead atoms. The Morgan fingerprint density at radius 3 is 2.78 bits per heavy atom. The molecule has 0 amide bonds. The third-order valence-electron chi connectivity index (χ3n) is 4.26. The average Bonchev–Trinajstić information content (AvgIpc) is 3.11. The maximum absolute atomic E-state index is 11.2. The lowest BCUT2D eigenvalue weighted by Gasteiger charge is -2.14. The fourth-order valence-corrected chi connectivity index (χ4v) is 4.08. The monoisotopic (exact) mass is 376 g/mol. The van der Waals surface area contributed by atoms with E-state index in [-0.39, 0.29) is 12.5 Å². The van der Waals surface area contributed by atoms with E-state index in [0.717, 1.165) is 32.4 Å². The predicted octanol–water partition coefficient (Wildman–Crippen LogP) is 3.95. The molecular formula is C21H20N4OS. The zero-order chi connectivity index (χ0) is 19.4. The predicted molar refractivity (Wildman–Crippen MR) is 111 cm³/mol. The second-order valence-corrected chi connectivity index (χ2v) is 7.45. The number of carbonyl (C=O) groups excluding carboxylic acids is 1. The van der Waals surface area contributed by atoms with Crippen LogP contribution in [0.2, 0.25) is 0 Å². The molecule has 0 aliphatic rings. The van der Waals surface area contributed by atoms with Gasteiger partial charge in [0.25, 0.3) is 0 Å². The maximum atomic E-state index is 11.2. The molecule has 0 aliphatic heterocycles. The van der Waals surface area contributed by atoms with E-state index in [1.54, 1.807) is 22.3 Å². The molecule has 0 saturated carbocycles. The molecule has 2 aromatic carbocycles. The number of guanidine groups is 1. The molecule has 6 heteroatoms. The Bertz CT molecular complexity index is 1050. The van der Waals surface area contributed by atoms with E-state index in [0.29, 0.717) is 11.5 Å². The minimum absolute atomic E-state index is 0.278. The number of hydrogen-bond donors (Lipinski definition) is 1. The first-order valence-corrected chi connectivity index (χ1v) is 9.32. The molecule has 27 heavy (non-hydrogen) atoms. The van der Waals surface area contributed by atoms with Gasteiger partial charge >= 0.3 is 0 Å². The van der Waals surface area contributed by atoms with Gasteiger partial charge in [0.05, 0.1) is 17.7 Å². The van der Waals surface area contributed by atoms with Gasteiger partial charge in [0, 0.05) is 30.1 Å². The van der Waals surface area contributed by atoms with Crippen LogP contribution in [0.1, 0.15) is 22.9 Å². The summed E-state index contributed by atoms with van der Waals surface area (Å²) in [6.45, 7) is 0. The van der Waals surface area contributed by atoms with Crippen molar-refractivity contribution in [3.05, 3.63) is 59.0 Å². The Kier molecular flexibility index (Phi) is 5.53. The number of rotatable bonds is 5. The van der Waals surface area contributed by atoms with Crippen LogP contribution in [0.3, 0.4) is 0 Å². The number of hydrogen-bond acceptors (Lipinski definition) is 4. The number of benzene rings is 2. The average molecular weight is 376 g/mol. The van der Waals surface area contributed by atoms with Gasteiger partial charge < -0.3 is 15.4 Å². The van der Waals surface area contributed by atoms with E-state index < -0.39 is 0 Å². The first-order chi connectivity index (χ1) is 13.0. The number of nitriles is 1. The quantitative estimate of drug-likeness (QED) is 0.415. The smallest absolute Gasteiger partial charge is 0.191 e. The summed E-state index contributed by atoms with van der Waals surface area (Å²) in [5.74, 6) is 0.390.